The summed E-state index contributed by atoms with van der Waals surface area (Å²) in [4.78, 5) is 24.9. The molecular formula is C33H26F5NO6S. The highest BCUT2D eigenvalue weighted by atomic mass is 32.2. The molecule has 46 heavy (non-hydrogen) atoms. The highest BCUT2D eigenvalue weighted by molar-refractivity contribution is 7.99. The van der Waals surface area contributed by atoms with Crippen molar-refractivity contribution in [3.05, 3.63) is 130 Å². The van der Waals surface area contributed by atoms with E-state index in [2.05, 4.69) is 5.32 Å². The molecule has 1 aliphatic rings. The number of thioether (sulfide) groups is 1. The Morgan fingerprint density at radius 3 is 2.13 bits per heavy atom. The standard InChI is InChI=1S/C33H26F5NO6S/c1-16-22(15-46-23-8-3-2-7-21(23)32(42)43)44-33(45-30(16)18-11-9-17(14-40)10-12-18)19-5-4-6-20(13-19)39-31(41)24-25(34)27(36)29(38)28(37)26(24)35/h2-13,16,22,30,33,40H,14-15H2,1H3,(H,39,41)(H,42,43). The maximum Gasteiger partial charge on any atom is 0.336 e. The Bertz CT molecular complexity index is 1740. The normalized spacial score (nSPS) is 19.5. The summed E-state index contributed by atoms with van der Waals surface area (Å²) in [6.45, 7) is 1.76. The summed E-state index contributed by atoms with van der Waals surface area (Å²) >= 11 is 1.29. The lowest BCUT2D eigenvalue weighted by molar-refractivity contribution is -0.268. The minimum Gasteiger partial charge on any atom is -0.478 e. The summed E-state index contributed by atoms with van der Waals surface area (Å²) < 4.78 is 82.1. The Labute approximate surface area is 264 Å². The van der Waals surface area contributed by atoms with E-state index in [9.17, 15) is 41.8 Å². The van der Waals surface area contributed by atoms with Crippen molar-refractivity contribution >= 4 is 29.3 Å². The zero-order valence-electron chi connectivity index (χ0n) is 24.0. The Hall–Kier alpha value is -4.30. The molecule has 0 aliphatic carbocycles. The molecule has 4 unspecified atom stereocenters. The second-order valence-corrected chi connectivity index (χ2v) is 11.5. The molecule has 0 radical (unpaired) electrons. The summed E-state index contributed by atoms with van der Waals surface area (Å²) in [5.74, 6) is -14.0. The molecule has 240 valence electrons. The maximum absolute atomic E-state index is 14.3. The van der Waals surface area contributed by atoms with Crippen molar-refractivity contribution in [2.24, 2.45) is 5.92 Å². The van der Waals surface area contributed by atoms with Gasteiger partial charge in [-0.05, 0) is 35.4 Å². The van der Waals surface area contributed by atoms with Crippen molar-refractivity contribution in [1.82, 2.24) is 0 Å². The monoisotopic (exact) mass is 659 g/mol. The smallest absolute Gasteiger partial charge is 0.336 e. The number of aromatic carboxylic acids is 1. The van der Waals surface area contributed by atoms with E-state index in [-0.39, 0.29) is 23.8 Å². The van der Waals surface area contributed by atoms with Crippen LogP contribution in [0.5, 0.6) is 0 Å². The number of carbonyl (C=O) groups is 2. The molecule has 1 heterocycles. The van der Waals surface area contributed by atoms with Crippen LogP contribution in [-0.4, -0.2) is 33.9 Å². The topological polar surface area (TPSA) is 105 Å². The van der Waals surface area contributed by atoms with E-state index in [1.54, 1.807) is 48.5 Å². The third-order valence-corrected chi connectivity index (χ3v) is 8.66. The number of benzene rings is 4. The SMILES string of the molecule is CC1C(CSc2ccccc2C(=O)O)OC(c2cccc(NC(=O)c3c(F)c(F)c(F)c(F)c3F)c2)OC1c1ccc(CO)cc1. The number of nitrogens with one attached hydrogen (secondary N) is 1. The Morgan fingerprint density at radius 1 is 0.826 bits per heavy atom. The number of ether oxygens (including phenoxy) is 2. The average Bonchev–Trinajstić information content (AvgIpc) is 3.06. The molecule has 0 aromatic heterocycles. The number of rotatable bonds is 9. The van der Waals surface area contributed by atoms with Crippen LogP contribution in [0.25, 0.3) is 0 Å². The molecule has 0 bridgehead atoms. The van der Waals surface area contributed by atoms with Crippen LogP contribution in [0.2, 0.25) is 0 Å². The van der Waals surface area contributed by atoms with E-state index in [0.29, 0.717) is 21.8 Å². The molecule has 13 heteroatoms. The first kappa shape index (κ1) is 33.1. The molecule has 5 rings (SSSR count). The quantitative estimate of drug-likeness (QED) is 0.0744. The number of carboxylic acids is 1. The average molecular weight is 660 g/mol. The molecular weight excluding hydrogens is 633 g/mol. The van der Waals surface area contributed by atoms with Crippen molar-refractivity contribution in [2.75, 3.05) is 11.1 Å². The second kappa shape index (κ2) is 14.0. The second-order valence-electron chi connectivity index (χ2n) is 10.5. The lowest BCUT2D eigenvalue weighted by atomic mass is 9.91. The van der Waals surface area contributed by atoms with E-state index >= 15 is 0 Å². The molecule has 1 fully saturated rings. The van der Waals surface area contributed by atoms with Crippen molar-refractivity contribution in [2.45, 2.75) is 36.9 Å². The molecule has 7 nitrogen and oxygen atoms in total. The van der Waals surface area contributed by atoms with Gasteiger partial charge in [-0.2, -0.15) is 0 Å². The number of anilines is 1. The van der Waals surface area contributed by atoms with Gasteiger partial charge in [-0.25, -0.2) is 26.7 Å². The fraction of sp³-hybridized carbons (Fsp3) is 0.212. The van der Waals surface area contributed by atoms with Gasteiger partial charge in [0.2, 0.25) is 5.82 Å². The van der Waals surface area contributed by atoms with Crippen LogP contribution in [0.15, 0.2) is 77.7 Å². The van der Waals surface area contributed by atoms with E-state index in [0.717, 1.165) is 5.56 Å². The minimum absolute atomic E-state index is 0.0394. The first-order chi connectivity index (χ1) is 22.0. The largest absolute Gasteiger partial charge is 0.478 e. The van der Waals surface area contributed by atoms with Crippen LogP contribution >= 0.6 is 11.8 Å². The zero-order valence-corrected chi connectivity index (χ0v) is 24.8. The van der Waals surface area contributed by atoms with Gasteiger partial charge in [0.15, 0.2) is 29.6 Å². The highest BCUT2D eigenvalue weighted by Crippen LogP contribution is 2.43. The van der Waals surface area contributed by atoms with Gasteiger partial charge < -0.3 is 25.0 Å². The third kappa shape index (κ3) is 6.77. The van der Waals surface area contributed by atoms with E-state index in [1.165, 1.54) is 36.0 Å². The fourth-order valence-electron chi connectivity index (χ4n) is 5.01. The molecule has 1 aliphatic heterocycles. The van der Waals surface area contributed by atoms with Crippen molar-refractivity contribution in [3.8, 4) is 0 Å². The number of amides is 1. The highest BCUT2D eigenvalue weighted by Gasteiger charge is 2.39. The molecule has 0 saturated carbocycles. The van der Waals surface area contributed by atoms with E-state index in [1.807, 2.05) is 6.92 Å². The van der Waals surface area contributed by atoms with Crippen LogP contribution in [0, 0.1) is 35.0 Å². The molecule has 4 aromatic carbocycles. The lowest BCUT2D eigenvalue weighted by Gasteiger charge is -2.41. The van der Waals surface area contributed by atoms with Crippen LogP contribution in [-0.2, 0) is 16.1 Å². The summed E-state index contributed by atoms with van der Waals surface area (Å²) in [5.41, 5.74) is 0.287. The number of aliphatic hydroxyl groups is 1. The maximum atomic E-state index is 14.3. The van der Waals surface area contributed by atoms with Crippen molar-refractivity contribution in [3.63, 3.8) is 0 Å². The van der Waals surface area contributed by atoms with Crippen molar-refractivity contribution < 1.29 is 51.2 Å². The summed E-state index contributed by atoms with van der Waals surface area (Å²) in [7, 11) is 0. The zero-order chi connectivity index (χ0) is 33.1. The molecule has 1 amide bonds. The number of hydrogen-bond donors (Lipinski definition) is 3. The number of halogens is 5. The first-order valence-corrected chi connectivity index (χ1v) is 14.9. The predicted octanol–water partition coefficient (Wildman–Crippen LogP) is 7.41. The lowest BCUT2D eigenvalue weighted by Crippen LogP contribution is -2.38. The van der Waals surface area contributed by atoms with Gasteiger partial charge in [0.1, 0.15) is 5.56 Å². The Morgan fingerprint density at radius 2 is 1.48 bits per heavy atom. The molecule has 0 spiro atoms. The number of hydrogen-bond acceptors (Lipinski definition) is 6. The van der Waals surface area contributed by atoms with Crippen LogP contribution in [0.4, 0.5) is 27.6 Å². The van der Waals surface area contributed by atoms with Gasteiger partial charge in [-0.1, -0.05) is 55.5 Å². The third-order valence-electron chi connectivity index (χ3n) is 7.50. The van der Waals surface area contributed by atoms with Gasteiger partial charge in [0, 0.05) is 27.8 Å². The van der Waals surface area contributed by atoms with E-state index in [4.69, 9.17) is 9.47 Å². The van der Waals surface area contributed by atoms with Gasteiger partial charge in [-0.15, -0.1) is 11.8 Å². The minimum atomic E-state index is -2.38. The Balaban J connectivity index is 1.43. The number of aliphatic hydroxyl groups excluding tert-OH is 1. The molecule has 4 aromatic rings. The van der Waals surface area contributed by atoms with Gasteiger partial charge in [0.05, 0.1) is 24.4 Å². The first-order valence-electron chi connectivity index (χ1n) is 13.9. The fourth-order valence-corrected chi connectivity index (χ4v) is 6.22. The molecule has 1 saturated heterocycles. The molecule has 3 N–H and O–H groups in total. The molecule has 4 atom stereocenters. The van der Waals surface area contributed by atoms with E-state index < -0.39 is 65.0 Å². The number of carbonyl (C=O) groups excluding carboxylic acids is 1. The van der Waals surface area contributed by atoms with Gasteiger partial charge in [0.25, 0.3) is 5.91 Å². The Kier molecular flexibility index (Phi) is 10.1. The predicted molar refractivity (Wildman–Crippen MR) is 158 cm³/mol. The van der Waals surface area contributed by atoms with Crippen LogP contribution < -0.4 is 5.32 Å². The summed E-state index contributed by atoms with van der Waals surface area (Å²) in [6, 6.07) is 19.5. The van der Waals surface area contributed by atoms with Gasteiger partial charge in [-0.3, -0.25) is 4.79 Å². The summed E-state index contributed by atoms with van der Waals surface area (Å²) in [5, 5.41) is 21.2. The van der Waals surface area contributed by atoms with Gasteiger partial charge >= 0.3 is 5.97 Å². The van der Waals surface area contributed by atoms with Crippen molar-refractivity contribution in [1.29, 1.82) is 0 Å². The summed E-state index contributed by atoms with van der Waals surface area (Å²) in [6.07, 6.45) is -2.09. The van der Waals surface area contributed by atoms with Crippen LogP contribution in [0.3, 0.4) is 0 Å². The van der Waals surface area contributed by atoms with Crippen LogP contribution in [0.1, 0.15) is 56.7 Å². The number of carboxylic acid groups (broad SMARTS) is 1.